The van der Waals surface area contributed by atoms with Gasteiger partial charge in [-0.05, 0) is 18.6 Å². The Morgan fingerprint density at radius 1 is 1.12 bits per heavy atom. The number of benzene rings is 1. The van der Waals surface area contributed by atoms with Crippen LogP contribution in [-0.2, 0) is 34.8 Å². The predicted molar refractivity (Wildman–Crippen MR) is 109 cm³/mol. The largest absolute Gasteiger partial charge is 0.674 e. The minimum absolute atomic E-state index is 0. The van der Waals surface area contributed by atoms with Crippen LogP contribution in [0.2, 0.25) is 0 Å². The molecule has 0 saturated heterocycles. The maximum Gasteiger partial charge on any atom is 0.343 e. The molecule has 0 bridgehead atoms. The van der Waals surface area contributed by atoms with Crippen LogP contribution in [0.25, 0.3) is 28.0 Å². The smallest absolute Gasteiger partial charge is 0.343 e. The molecule has 5 heterocycles. The number of ether oxygens (including phenoxy) is 3. The van der Waals surface area contributed by atoms with Crippen LogP contribution in [-0.4, -0.2) is 27.4 Å². The van der Waals surface area contributed by atoms with Gasteiger partial charge in [0.05, 0.1) is 29.0 Å². The summed E-state index contributed by atoms with van der Waals surface area (Å²) in [4.78, 5) is 30.4. The number of carbonyl (C=O) groups excluding carboxylic acids is 1. The van der Waals surface area contributed by atoms with Crippen LogP contribution < -0.4 is 15.0 Å². The molecule has 0 saturated carbocycles. The molecule has 0 unspecified atom stereocenters. The van der Waals surface area contributed by atoms with Crippen LogP contribution in [0.1, 0.15) is 35.6 Å². The van der Waals surface area contributed by atoms with E-state index in [4.69, 9.17) is 24.9 Å². The zero-order valence-corrected chi connectivity index (χ0v) is 30.9. The van der Waals surface area contributed by atoms with E-state index in [-0.39, 0.29) is 49.6 Å². The molecule has 1 atom stereocenters. The van der Waals surface area contributed by atoms with Gasteiger partial charge in [-0.2, -0.15) is 0 Å². The number of esters is 1. The number of cyclic esters (lactones) is 1. The third-order valence-corrected chi connectivity index (χ3v) is 6.48. The molecule has 11 heteroatoms. The first-order valence-corrected chi connectivity index (χ1v) is 10.0. The minimum Gasteiger partial charge on any atom is -0.674 e. The fourth-order valence-corrected chi connectivity index (χ4v) is 4.75. The number of rotatable bonds is 2. The average Bonchev–Trinajstić information content (AvgIpc) is 3.38. The number of hydrogen-bond acceptors (Lipinski definition) is 7. The molecule has 0 aliphatic carbocycles. The first kappa shape index (κ1) is 20.8. The summed E-state index contributed by atoms with van der Waals surface area (Å²) >= 11 is 0. The van der Waals surface area contributed by atoms with Crippen molar-refractivity contribution in [3.8, 4) is 22.9 Å². The summed E-state index contributed by atoms with van der Waals surface area (Å²) in [5.74, 6) is 0.437. The fourth-order valence-electron chi connectivity index (χ4n) is 4.75. The van der Waals surface area contributed by atoms with Crippen molar-refractivity contribution < 1.29 is 24.1 Å². The van der Waals surface area contributed by atoms with Crippen LogP contribution in [0.5, 0.6) is 11.5 Å². The Labute approximate surface area is 176 Å². The molecule has 3 aliphatic heterocycles. The summed E-state index contributed by atoms with van der Waals surface area (Å²) in [5, 5.41) is 11.8. The molecule has 0 spiro atoms. The molecule has 1 aromatic carbocycles. The van der Waals surface area contributed by atoms with Gasteiger partial charge in [-0.25, -0.2) is 9.78 Å². The van der Waals surface area contributed by atoms with Crippen molar-refractivity contribution in [3.63, 3.8) is 0 Å². The van der Waals surface area contributed by atoms with Crippen molar-refractivity contribution in [2.45, 2.75) is 38.6 Å². The second kappa shape index (κ2) is 6.53. The van der Waals surface area contributed by atoms with Gasteiger partial charge in [-0.3, -0.25) is 4.79 Å². The monoisotopic (exact) mass is 954 g/mol. The number of pyridine rings is 2. The van der Waals surface area contributed by atoms with E-state index < -0.39 is 11.6 Å². The molecule has 3 aromatic rings. The van der Waals surface area contributed by atoms with Crippen molar-refractivity contribution in [3.05, 3.63) is 56.5 Å². The summed E-state index contributed by atoms with van der Waals surface area (Å²) in [6, 6.07) is 5.27. The van der Waals surface area contributed by atoms with Gasteiger partial charge < -0.3 is 29.6 Å². The Hall–Kier alpha value is -5.43. The second-order valence-electron chi connectivity index (χ2n) is 7.92. The van der Waals surface area contributed by atoms with Gasteiger partial charge in [0.15, 0.2) is 17.1 Å². The van der Waals surface area contributed by atoms with Gasteiger partial charge in [0, 0.05) is 22.6 Å². The number of hydrogen-bond donors (Lipinski definition) is 1. The van der Waals surface area contributed by atoms with Crippen molar-refractivity contribution in [2.24, 2.45) is 0 Å². The van der Waals surface area contributed by atoms with Crippen LogP contribution in [0.15, 0.2) is 23.0 Å². The maximum atomic E-state index is 13.3. The summed E-state index contributed by atoms with van der Waals surface area (Å²) < 4.78 is 17.6. The van der Waals surface area contributed by atoms with Gasteiger partial charge in [0.1, 0.15) is 6.61 Å². The molecule has 6 rings (SSSR count). The zero-order valence-electron chi connectivity index (χ0n) is 18.1. The van der Waals surface area contributed by atoms with E-state index in [9.17, 15) is 14.7 Å². The summed E-state index contributed by atoms with van der Waals surface area (Å²) in [7, 11) is 0. The molecule has 0 radical (unpaired) electrons. The fraction of sp³-hybridized carbons (Fsp3) is 0.318. The van der Waals surface area contributed by atoms with Crippen LogP contribution in [0.4, 0.5) is 0 Å². The van der Waals surface area contributed by atoms with Crippen molar-refractivity contribution >= 4 is 16.9 Å². The number of carbonyl (C=O) groups is 1. The SMILES string of the molecule is CC[C@@]1(O)C(=O)OCc2c1cc1n(c2=O)Cc2c-1nc1cc3c(cc1c2C[NH-])OCO3.[Rf].[Rf]. The number of fused-ring (bicyclic) bond motifs is 6. The number of aromatic nitrogens is 2. The number of aliphatic hydroxyl groups is 1. The van der Waals surface area contributed by atoms with Gasteiger partial charge in [0.25, 0.3) is 5.56 Å². The predicted octanol–water partition coefficient (Wildman–Crippen LogP) is 2.36. The van der Waals surface area contributed by atoms with E-state index in [1.54, 1.807) is 23.6 Å². The topological polar surface area (TPSA) is 124 Å². The van der Waals surface area contributed by atoms with Gasteiger partial charge in [-0.1, -0.05) is 12.5 Å². The minimum atomic E-state index is -1.87. The molecule has 2 N–H and O–H groups in total. The normalized spacial score (nSPS) is 19.2. The third kappa shape index (κ3) is 2.35. The average molecular weight is 954 g/mol. The summed E-state index contributed by atoms with van der Waals surface area (Å²) in [6.07, 6.45) is 0.0845. The van der Waals surface area contributed by atoms with E-state index in [0.717, 1.165) is 16.5 Å². The van der Waals surface area contributed by atoms with E-state index in [1.807, 2.05) is 6.07 Å². The quantitative estimate of drug-likeness (QED) is 0.307. The molecule has 162 valence electrons. The zero-order chi connectivity index (χ0) is 21.5. The van der Waals surface area contributed by atoms with Crippen molar-refractivity contribution in [2.75, 3.05) is 6.79 Å². The molecule has 9 nitrogen and oxygen atoms in total. The maximum absolute atomic E-state index is 13.3. The van der Waals surface area contributed by atoms with E-state index in [2.05, 4.69) is 0 Å². The van der Waals surface area contributed by atoms with Crippen LogP contribution >= 0.6 is 0 Å². The number of nitrogens with one attached hydrogen (secondary N) is 1. The number of nitrogens with zero attached hydrogens (tertiary/aromatic N) is 2. The Morgan fingerprint density at radius 3 is 2.55 bits per heavy atom. The van der Waals surface area contributed by atoms with Crippen LogP contribution in [0.3, 0.4) is 0 Å². The van der Waals surface area contributed by atoms with Gasteiger partial charge >= 0.3 is 5.97 Å². The van der Waals surface area contributed by atoms with E-state index >= 15 is 0 Å². The van der Waals surface area contributed by atoms with Crippen molar-refractivity contribution in [1.29, 1.82) is 0 Å². The van der Waals surface area contributed by atoms with E-state index in [1.165, 1.54) is 0 Å². The molecular formula is C22H18N3O6Rf2-. The Kier molecular flexibility index (Phi) is 4.12. The Bertz CT molecular complexity index is 1390. The van der Waals surface area contributed by atoms with Gasteiger partial charge in [-0.15, -0.1) is 6.54 Å². The first-order chi connectivity index (χ1) is 15.0. The molecule has 0 fully saturated rings. The van der Waals surface area contributed by atoms with E-state index in [0.29, 0.717) is 28.4 Å². The first-order valence-electron chi connectivity index (χ1n) is 10.0. The molecule has 2 aromatic heterocycles. The summed E-state index contributed by atoms with van der Waals surface area (Å²) in [5.41, 5.74) is 9.78. The molecule has 33 heavy (non-hydrogen) atoms. The third-order valence-electron chi connectivity index (χ3n) is 6.48. The molecule has 0 amide bonds. The Balaban J connectivity index is 0.00000130. The van der Waals surface area contributed by atoms with Gasteiger partial charge in [0.2, 0.25) is 6.79 Å². The standard InChI is InChI=1S/C22H18N3O6.2Rf/c1-2-22(28)14-4-16-19-12(7-25(16)20(26)13(14)8-29-21(22)27)11(6-23)10-3-17-18(31-9-30-17)5-15(10)24-19;;/h3-5,23,28H,2,6-9H2,1H3;;/q-1;;/t22-;;/m0../s1. The van der Waals surface area contributed by atoms with Crippen LogP contribution in [0, 0.1) is 0 Å². The Morgan fingerprint density at radius 2 is 1.85 bits per heavy atom. The second-order valence-corrected chi connectivity index (χ2v) is 7.92. The molecule has 3 aliphatic rings. The molecular weight excluding hydrogens is 936 g/mol. The van der Waals surface area contributed by atoms with Crippen molar-refractivity contribution in [1.82, 2.24) is 9.55 Å². The summed E-state index contributed by atoms with van der Waals surface area (Å²) in [6.45, 7) is 1.90.